The van der Waals surface area contributed by atoms with Crippen LogP contribution in [0.2, 0.25) is 0 Å². The van der Waals surface area contributed by atoms with Crippen LogP contribution in [-0.2, 0) is 14.8 Å². The molecule has 114 valence electrons. The zero-order valence-electron chi connectivity index (χ0n) is 11.4. The van der Waals surface area contributed by atoms with Crippen LogP contribution in [0.4, 0.5) is 5.13 Å². The second kappa shape index (κ2) is 7.12. The van der Waals surface area contributed by atoms with Crippen molar-refractivity contribution >= 4 is 43.7 Å². The van der Waals surface area contributed by atoms with Gasteiger partial charge in [-0.05, 0) is 17.9 Å². The Kier molecular flexibility index (Phi) is 5.45. The Balaban J connectivity index is 1.79. The fourth-order valence-corrected chi connectivity index (χ4v) is 4.57. The van der Waals surface area contributed by atoms with E-state index in [1.165, 1.54) is 34.0 Å². The summed E-state index contributed by atoms with van der Waals surface area (Å²) in [4.78, 5) is 15.6. The molecule has 0 spiro atoms. The summed E-state index contributed by atoms with van der Waals surface area (Å²) in [6.07, 6.45) is 2.32. The maximum absolute atomic E-state index is 12.2. The van der Waals surface area contributed by atoms with E-state index >= 15 is 0 Å². The molecule has 0 aliphatic carbocycles. The third kappa shape index (κ3) is 4.34. The van der Waals surface area contributed by atoms with Crippen LogP contribution in [0.3, 0.4) is 0 Å². The van der Waals surface area contributed by atoms with Gasteiger partial charge in [0.25, 0.3) is 10.0 Å². The van der Waals surface area contributed by atoms with Gasteiger partial charge in [0.2, 0.25) is 5.91 Å². The molecule has 0 saturated heterocycles. The lowest BCUT2D eigenvalue weighted by atomic mass is 10.3. The van der Waals surface area contributed by atoms with Gasteiger partial charge in [-0.15, -0.1) is 22.7 Å². The largest absolute Gasteiger partial charge is 0.302 e. The quantitative estimate of drug-likeness (QED) is 0.835. The number of aromatic nitrogens is 1. The van der Waals surface area contributed by atoms with Crippen LogP contribution in [0.25, 0.3) is 0 Å². The summed E-state index contributed by atoms with van der Waals surface area (Å²) in [5, 5.41) is 6.72. The fourth-order valence-electron chi connectivity index (χ4n) is 1.61. The summed E-state index contributed by atoms with van der Waals surface area (Å²) >= 11 is 2.53. The molecule has 0 radical (unpaired) electrons. The zero-order valence-corrected chi connectivity index (χ0v) is 13.8. The van der Waals surface area contributed by atoms with E-state index < -0.39 is 10.0 Å². The monoisotopic (exact) mass is 345 g/mol. The molecule has 1 N–H and O–H groups in total. The first-order chi connectivity index (χ1) is 10.00. The second-order valence-electron chi connectivity index (χ2n) is 4.25. The lowest BCUT2D eigenvalue weighted by molar-refractivity contribution is -0.116. The minimum absolute atomic E-state index is 0.160. The van der Waals surface area contributed by atoms with Crippen molar-refractivity contribution < 1.29 is 13.2 Å². The van der Waals surface area contributed by atoms with Gasteiger partial charge >= 0.3 is 0 Å². The van der Waals surface area contributed by atoms with Crippen molar-refractivity contribution in [3.8, 4) is 0 Å². The van der Waals surface area contributed by atoms with Crippen LogP contribution in [0, 0.1) is 0 Å². The SMILES string of the molecule is CN(CCCC(=O)Nc1nccs1)S(=O)(=O)c1cccs1. The third-order valence-corrected chi connectivity index (χ3v) is 6.63. The van der Waals surface area contributed by atoms with Gasteiger partial charge in [-0.2, -0.15) is 0 Å². The predicted octanol–water partition coefficient (Wildman–Crippen LogP) is 2.24. The lowest BCUT2D eigenvalue weighted by Crippen LogP contribution is -2.28. The van der Waals surface area contributed by atoms with Crippen LogP contribution >= 0.6 is 22.7 Å². The van der Waals surface area contributed by atoms with Gasteiger partial charge in [0, 0.05) is 31.6 Å². The maximum Gasteiger partial charge on any atom is 0.252 e. The average Bonchev–Trinajstić information content (AvgIpc) is 3.11. The van der Waals surface area contributed by atoms with Crippen LogP contribution in [0.5, 0.6) is 0 Å². The lowest BCUT2D eigenvalue weighted by Gasteiger charge is -2.15. The summed E-state index contributed by atoms with van der Waals surface area (Å²) in [6, 6.07) is 3.28. The van der Waals surface area contributed by atoms with Gasteiger partial charge in [-0.25, -0.2) is 17.7 Å². The van der Waals surface area contributed by atoms with Crippen molar-refractivity contribution in [3.63, 3.8) is 0 Å². The number of carbonyl (C=O) groups excluding carboxylic acids is 1. The van der Waals surface area contributed by atoms with Crippen LogP contribution < -0.4 is 5.32 Å². The molecule has 0 fully saturated rings. The highest BCUT2D eigenvalue weighted by molar-refractivity contribution is 7.91. The number of thiophene rings is 1. The highest BCUT2D eigenvalue weighted by atomic mass is 32.2. The van der Waals surface area contributed by atoms with Gasteiger partial charge in [-0.1, -0.05) is 6.07 Å². The Morgan fingerprint density at radius 2 is 2.19 bits per heavy atom. The van der Waals surface area contributed by atoms with Crippen molar-refractivity contribution in [2.45, 2.75) is 17.1 Å². The Labute approximate surface area is 131 Å². The third-order valence-electron chi connectivity index (χ3n) is 2.72. The number of rotatable bonds is 7. The van der Waals surface area contributed by atoms with E-state index in [0.717, 1.165) is 0 Å². The van der Waals surface area contributed by atoms with Crippen molar-refractivity contribution in [2.24, 2.45) is 0 Å². The molecule has 0 aromatic carbocycles. The van der Waals surface area contributed by atoms with Crippen molar-refractivity contribution in [1.82, 2.24) is 9.29 Å². The van der Waals surface area contributed by atoms with Crippen molar-refractivity contribution in [1.29, 1.82) is 0 Å². The summed E-state index contributed by atoms with van der Waals surface area (Å²) in [5.41, 5.74) is 0. The number of nitrogens with one attached hydrogen (secondary N) is 1. The first-order valence-electron chi connectivity index (χ1n) is 6.19. The van der Waals surface area contributed by atoms with E-state index in [4.69, 9.17) is 0 Å². The van der Waals surface area contributed by atoms with E-state index in [2.05, 4.69) is 10.3 Å². The van der Waals surface area contributed by atoms with Crippen molar-refractivity contribution in [3.05, 3.63) is 29.1 Å². The molecule has 9 heteroatoms. The van der Waals surface area contributed by atoms with Gasteiger partial charge in [0.1, 0.15) is 4.21 Å². The van der Waals surface area contributed by atoms with Gasteiger partial charge in [-0.3, -0.25) is 4.79 Å². The number of hydrogen-bond donors (Lipinski definition) is 1. The number of nitrogens with zero attached hydrogens (tertiary/aromatic N) is 2. The average molecular weight is 345 g/mol. The topological polar surface area (TPSA) is 79.4 Å². The van der Waals surface area contributed by atoms with Gasteiger partial charge < -0.3 is 5.32 Å². The molecule has 0 unspecified atom stereocenters. The number of anilines is 1. The molecule has 21 heavy (non-hydrogen) atoms. The number of amides is 1. The first kappa shape index (κ1) is 16.1. The van der Waals surface area contributed by atoms with E-state index in [-0.39, 0.29) is 12.3 Å². The van der Waals surface area contributed by atoms with Crippen LogP contribution in [-0.4, -0.2) is 37.2 Å². The summed E-state index contributed by atoms with van der Waals surface area (Å²) < 4.78 is 25.9. The molecule has 2 heterocycles. The number of hydrogen-bond acceptors (Lipinski definition) is 6. The zero-order chi connectivity index (χ0) is 15.3. The molecule has 1 amide bonds. The van der Waals surface area contributed by atoms with Crippen LogP contribution in [0.1, 0.15) is 12.8 Å². The molecule has 2 aromatic rings. The normalized spacial score (nSPS) is 11.7. The highest BCUT2D eigenvalue weighted by Crippen LogP contribution is 2.20. The molecule has 0 aliphatic rings. The van der Waals surface area contributed by atoms with Crippen molar-refractivity contribution in [2.75, 3.05) is 18.9 Å². The van der Waals surface area contributed by atoms with Gasteiger partial charge in [0.15, 0.2) is 5.13 Å². The minimum Gasteiger partial charge on any atom is -0.302 e. The minimum atomic E-state index is -3.43. The second-order valence-corrected chi connectivity index (χ2v) is 8.36. The molecule has 2 rings (SSSR count). The van der Waals surface area contributed by atoms with E-state index in [1.807, 2.05) is 0 Å². The highest BCUT2D eigenvalue weighted by Gasteiger charge is 2.21. The fraction of sp³-hybridized carbons (Fsp3) is 0.333. The smallest absolute Gasteiger partial charge is 0.252 e. The Morgan fingerprint density at radius 1 is 1.38 bits per heavy atom. The van der Waals surface area contributed by atoms with Gasteiger partial charge in [0.05, 0.1) is 0 Å². The summed E-state index contributed by atoms with van der Waals surface area (Å²) in [7, 11) is -1.91. The number of thiazole rings is 1. The van der Waals surface area contributed by atoms with Crippen LogP contribution in [0.15, 0.2) is 33.3 Å². The van der Waals surface area contributed by atoms with E-state index in [9.17, 15) is 13.2 Å². The molecule has 0 atom stereocenters. The Hall–Kier alpha value is -1.29. The molecule has 0 aliphatic heterocycles. The molecule has 0 saturated carbocycles. The molecular weight excluding hydrogens is 330 g/mol. The number of carbonyl (C=O) groups is 1. The Morgan fingerprint density at radius 3 is 2.81 bits per heavy atom. The molecule has 2 aromatic heterocycles. The first-order valence-corrected chi connectivity index (χ1v) is 9.39. The molecule has 0 bridgehead atoms. The Bertz CT molecular complexity index is 666. The van der Waals surface area contributed by atoms with E-state index in [1.54, 1.807) is 29.1 Å². The summed E-state index contributed by atoms with van der Waals surface area (Å²) in [6.45, 7) is 0.297. The predicted molar refractivity (Wildman–Crippen MR) is 84.1 cm³/mol. The molecular formula is C12H15N3O3S3. The maximum atomic E-state index is 12.2. The van der Waals surface area contributed by atoms with E-state index in [0.29, 0.717) is 22.3 Å². The number of sulfonamides is 1. The molecule has 6 nitrogen and oxygen atoms in total. The standard InChI is InChI=1S/C12H15N3O3S3/c1-15(21(17,18)11-5-3-8-19-11)7-2-4-10(16)14-12-13-6-9-20-12/h3,5-6,8-9H,2,4,7H2,1H3,(H,13,14,16). The summed E-state index contributed by atoms with van der Waals surface area (Å²) in [5.74, 6) is -0.160.